The first kappa shape index (κ1) is 30.4. The van der Waals surface area contributed by atoms with Gasteiger partial charge in [-0.3, -0.25) is 0 Å². The molecule has 0 aromatic heterocycles. The number of hydrogen-bond donors (Lipinski definition) is 0. The lowest BCUT2D eigenvalue weighted by Gasteiger charge is -2.46. The Bertz CT molecular complexity index is 554. The third-order valence-electron chi connectivity index (χ3n) is 4.64. The molecule has 32 heavy (non-hydrogen) atoms. The Kier molecular flexibility index (Phi) is 11.8. The first-order valence-corrected chi connectivity index (χ1v) is 28.6. The summed E-state index contributed by atoms with van der Waals surface area (Å²) in [4.78, 5) is 0. The van der Waals surface area contributed by atoms with E-state index in [0.717, 1.165) is 0 Å². The highest BCUT2D eigenvalue weighted by atomic mass is 28.5. The molecule has 0 amide bonds. The molecule has 0 aliphatic carbocycles. The van der Waals surface area contributed by atoms with Gasteiger partial charge in [-0.1, -0.05) is 22.8 Å². The lowest BCUT2D eigenvalue weighted by atomic mass is 11.3. The minimum atomic E-state index is -2.60. The van der Waals surface area contributed by atoms with Crippen LogP contribution in [0, 0.1) is 0 Å². The Morgan fingerprint density at radius 2 is 0.594 bits per heavy atom. The second-order valence-corrected chi connectivity index (χ2v) is 30.0. The standard InChI is InChI=1S/C12H24O4Si4.C4H16O4Si4/c1-9-17(5)13-18(6,10-2)15-20(8,12-4)16-19(7,11-3)14-17;1-9-5-10(2)7-12(4)8-11(3)6-9/h9-12H,1-4H2,5-8H3;9-12H,1-4H3. The number of hydrogen-bond acceptors (Lipinski definition) is 8. The SMILES string of the molecule is C=C[Si]1(C)O[Si](C)(C=C)O[Si](C)(C=C)O[Si](C)(C=C)O1.C[SiH]1O[SiH](C)O[SiH](C)O[SiH](C)O1. The van der Waals surface area contributed by atoms with Gasteiger partial charge in [0.2, 0.25) is 0 Å². The van der Waals surface area contributed by atoms with Gasteiger partial charge in [0.1, 0.15) is 0 Å². The lowest BCUT2D eigenvalue weighted by molar-refractivity contribution is 0.250. The van der Waals surface area contributed by atoms with Gasteiger partial charge in [0.25, 0.3) is 37.1 Å². The van der Waals surface area contributed by atoms with Crippen molar-refractivity contribution in [3.05, 3.63) is 49.1 Å². The van der Waals surface area contributed by atoms with Crippen LogP contribution in [0.4, 0.5) is 0 Å². The Balaban J connectivity index is 0.000000363. The molecule has 0 bridgehead atoms. The maximum absolute atomic E-state index is 6.25. The minimum Gasteiger partial charge on any atom is -0.420 e. The van der Waals surface area contributed by atoms with Crippen LogP contribution < -0.4 is 0 Å². The highest BCUT2D eigenvalue weighted by Gasteiger charge is 2.53. The van der Waals surface area contributed by atoms with E-state index in [9.17, 15) is 0 Å². The van der Waals surface area contributed by atoms with Gasteiger partial charge in [-0.15, -0.1) is 26.3 Å². The van der Waals surface area contributed by atoms with E-state index in [1.165, 1.54) is 0 Å². The molecular weight excluding hydrogens is 545 g/mol. The maximum Gasteiger partial charge on any atom is 0.344 e. The fraction of sp³-hybridized carbons (Fsp3) is 0.500. The molecule has 0 atom stereocenters. The van der Waals surface area contributed by atoms with Gasteiger partial charge in [-0.05, 0) is 52.4 Å². The zero-order valence-electron chi connectivity index (χ0n) is 20.7. The van der Waals surface area contributed by atoms with Gasteiger partial charge in [-0.2, -0.15) is 0 Å². The van der Waals surface area contributed by atoms with Crippen molar-refractivity contribution in [1.82, 2.24) is 0 Å². The quantitative estimate of drug-likeness (QED) is 0.467. The lowest BCUT2D eigenvalue weighted by Crippen LogP contribution is -2.65. The van der Waals surface area contributed by atoms with Crippen LogP contribution in [0.3, 0.4) is 0 Å². The highest BCUT2D eigenvalue weighted by molar-refractivity contribution is 6.98. The Hall–Kier alpha value is 0.375. The first-order chi connectivity index (χ1) is 14.6. The summed E-state index contributed by atoms with van der Waals surface area (Å²) >= 11 is 0. The molecule has 8 nitrogen and oxygen atoms in total. The average Bonchev–Trinajstić information content (AvgIpc) is 2.65. The van der Waals surface area contributed by atoms with E-state index < -0.39 is 71.4 Å². The van der Waals surface area contributed by atoms with Crippen molar-refractivity contribution in [3.63, 3.8) is 0 Å². The third-order valence-corrected chi connectivity index (χ3v) is 32.8. The van der Waals surface area contributed by atoms with Crippen LogP contribution in [-0.4, -0.2) is 71.4 Å². The van der Waals surface area contributed by atoms with E-state index in [1.54, 1.807) is 22.8 Å². The molecule has 0 spiro atoms. The fourth-order valence-corrected chi connectivity index (χ4v) is 32.9. The molecule has 0 aromatic carbocycles. The summed E-state index contributed by atoms with van der Waals surface area (Å²) < 4.78 is 47.6. The van der Waals surface area contributed by atoms with E-state index >= 15 is 0 Å². The van der Waals surface area contributed by atoms with Gasteiger partial charge in [0.05, 0.1) is 0 Å². The van der Waals surface area contributed by atoms with Crippen LogP contribution >= 0.6 is 0 Å². The van der Waals surface area contributed by atoms with Crippen molar-refractivity contribution < 1.29 is 32.9 Å². The second kappa shape index (κ2) is 12.4. The molecule has 2 aliphatic rings. The van der Waals surface area contributed by atoms with Crippen LogP contribution in [0.1, 0.15) is 0 Å². The summed E-state index contributed by atoms with van der Waals surface area (Å²) in [7, 11) is -16.1. The minimum absolute atomic E-state index is 1.42. The summed E-state index contributed by atoms with van der Waals surface area (Å²) in [6.45, 7) is 31.3. The monoisotopic (exact) mass is 584 g/mol. The second-order valence-electron chi connectivity index (χ2n) is 8.10. The van der Waals surface area contributed by atoms with Crippen molar-refractivity contribution in [2.45, 2.75) is 52.4 Å². The molecule has 2 heterocycles. The topological polar surface area (TPSA) is 73.8 Å². The summed E-state index contributed by atoms with van der Waals surface area (Å²) in [6.07, 6.45) is 0. The fourth-order valence-electron chi connectivity index (χ4n) is 3.23. The molecule has 0 saturated carbocycles. The molecule has 0 unspecified atom stereocenters. The summed E-state index contributed by atoms with van der Waals surface area (Å²) in [5.41, 5.74) is 7.01. The molecule has 0 aromatic rings. The predicted molar refractivity (Wildman–Crippen MR) is 148 cm³/mol. The molecule has 0 radical (unpaired) electrons. The first-order valence-electron chi connectivity index (χ1n) is 10.6. The van der Waals surface area contributed by atoms with Gasteiger partial charge in [0, 0.05) is 0 Å². The normalized spacial score (nSPS) is 45.5. The van der Waals surface area contributed by atoms with Gasteiger partial charge in [-0.25, -0.2) is 0 Å². The molecule has 2 saturated heterocycles. The molecule has 2 fully saturated rings. The van der Waals surface area contributed by atoms with E-state index in [4.69, 9.17) is 32.9 Å². The van der Waals surface area contributed by atoms with Crippen LogP contribution in [0.25, 0.3) is 0 Å². The Morgan fingerprint density at radius 1 is 0.438 bits per heavy atom. The Morgan fingerprint density at radius 3 is 0.719 bits per heavy atom. The molecular formula is C16H40O8Si8. The molecule has 2 rings (SSSR count). The van der Waals surface area contributed by atoms with Crippen LogP contribution in [-0.2, 0) is 32.9 Å². The van der Waals surface area contributed by atoms with Crippen molar-refractivity contribution in [3.8, 4) is 0 Å². The van der Waals surface area contributed by atoms with Crippen molar-refractivity contribution >= 4 is 71.4 Å². The van der Waals surface area contributed by atoms with Crippen molar-refractivity contribution in [1.29, 1.82) is 0 Å². The van der Waals surface area contributed by atoms with Crippen molar-refractivity contribution in [2.24, 2.45) is 0 Å². The van der Waals surface area contributed by atoms with Crippen LogP contribution in [0.2, 0.25) is 52.4 Å². The third kappa shape index (κ3) is 9.55. The van der Waals surface area contributed by atoms with Crippen molar-refractivity contribution in [2.75, 3.05) is 0 Å². The van der Waals surface area contributed by atoms with E-state index in [2.05, 4.69) is 26.3 Å². The maximum atomic E-state index is 6.25. The van der Waals surface area contributed by atoms with Gasteiger partial charge >= 0.3 is 34.2 Å². The Labute approximate surface area is 205 Å². The molecule has 184 valence electrons. The van der Waals surface area contributed by atoms with E-state index in [1.807, 2.05) is 52.4 Å². The molecule has 0 N–H and O–H groups in total. The summed E-state index contributed by atoms with van der Waals surface area (Å²) in [6, 6.07) is 0. The number of rotatable bonds is 4. The highest BCUT2D eigenvalue weighted by Crippen LogP contribution is 2.32. The molecule has 16 heteroatoms. The largest absolute Gasteiger partial charge is 0.420 e. The summed E-state index contributed by atoms with van der Waals surface area (Å²) in [5.74, 6) is 0. The van der Waals surface area contributed by atoms with E-state index in [0.29, 0.717) is 0 Å². The van der Waals surface area contributed by atoms with Gasteiger partial charge < -0.3 is 32.9 Å². The smallest absolute Gasteiger partial charge is 0.344 e. The molecule has 2 aliphatic heterocycles. The van der Waals surface area contributed by atoms with Crippen LogP contribution in [0.15, 0.2) is 49.1 Å². The predicted octanol–water partition coefficient (Wildman–Crippen LogP) is 2.72. The average molecular weight is 585 g/mol. The van der Waals surface area contributed by atoms with Crippen LogP contribution in [0.5, 0.6) is 0 Å². The van der Waals surface area contributed by atoms with Gasteiger partial charge in [0.15, 0.2) is 0 Å². The van der Waals surface area contributed by atoms with E-state index in [-0.39, 0.29) is 0 Å². The summed E-state index contributed by atoms with van der Waals surface area (Å²) in [5, 5.41) is 0. The zero-order valence-corrected chi connectivity index (χ0v) is 29.3. The zero-order chi connectivity index (χ0) is 24.8.